The first-order valence-electron chi connectivity index (χ1n) is 7.29. The minimum atomic E-state index is -0.355. The lowest BCUT2D eigenvalue weighted by molar-refractivity contribution is 0.102. The number of hydrogen-bond donors (Lipinski definition) is 1. The summed E-state index contributed by atoms with van der Waals surface area (Å²) >= 11 is 0. The van der Waals surface area contributed by atoms with Crippen molar-refractivity contribution in [2.24, 2.45) is 0 Å². The zero-order valence-electron chi connectivity index (χ0n) is 13.1. The number of hydrogen-bond acceptors (Lipinski definition) is 4. The van der Waals surface area contributed by atoms with E-state index in [1.807, 2.05) is 13.8 Å². The lowest BCUT2D eigenvalue weighted by Gasteiger charge is -2.09. The number of fused-ring (bicyclic) bond motifs is 1. The van der Waals surface area contributed by atoms with Gasteiger partial charge in [0.05, 0.1) is 16.6 Å². The fourth-order valence-corrected chi connectivity index (χ4v) is 2.32. The average Bonchev–Trinajstić information content (AvgIpc) is 2.90. The molecule has 5 nitrogen and oxygen atoms in total. The van der Waals surface area contributed by atoms with Crippen molar-refractivity contribution in [2.45, 2.75) is 26.7 Å². The fourth-order valence-electron chi connectivity index (χ4n) is 2.32. The molecule has 0 spiro atoms. The van der Waals surface area contributed by atoms with Crippen molar-refractivity contribution in [2.75, 3.05) is 5.32 Å². The zero-order valence-corrected chi connectivity index (χ0v) is 13.1. The maximum atomic E-state index is 13.0. The maximum absolute atomic E-state index is 13.0. The van der Waals surface area contributed by atoms with Crippen LogP contribution < -0.4 is 5.32 Å². The van der Waals surface area contributed by atoms with Gasteiger partial charge in [-0.05, 0) is 43.2 Å². The summed E-state index contributed by atoms with van der Waals surface area (Å²) in [6, 6.07) is 7.35. The number of aryl methyl sites for hydroxylation is 1. The number of carbonyl (C=O) groups is 1. The number of pyridine rings is 1. The van der Waals surface area contributed by atoms with Crippen LogP contribution in [-0.2, 0) is 0 Å². The Bertz CT molecular complexity index is 869. The third-order valence-corrected chi connectivity index (χ3v) is 3.58. The Kier molecular flexibility index (Phi) is 3.82. The third-order valence-electron chi connectivity index (χ3n) is 3.58. The number of carbonyl (C=O) groups excluding carboxylic acids is 1. The number of halogens is 1. The topological polar surface area (TPSA) is 68.0 Å². The van der Waals surface area contributed by atoms with Gasteiger partial charge in [0.25, 0.3) is 11.6 Å². The van der Waals surface area contributed by atoms with Crippen LogP contribution in [0.4, 0.5) is 10.1 Å². The van der Waals surface area contributed by atoms with Gasteiger partial charge in [0.15, 0.2) is 0 Å². The Hall–Kier alpha value is -2.76. The first-order valence-corrected chi connectivity index (χ1v) is 7.29. The van der Waals surface area contributed by atoms with Gasteiger partial charge >= 0.3 is 0 Å². The number of nitrogens with zero attached hydrogens (tertiary/aromatic N) is 2. The molecule has 1 aromatic carbocycles. The second kappa shape index (κ2) is 5.79. The van der Waals surface area contributed by atoms with E-state index in [-0.39, 0.29) is 17.6 Å². The van der Waals surface area contributed by atoms with E-state index >= 15 is 0 Å². The molecule has 0 fully saturated rings. The van der Waals surface area contributed by atoms with Crippen molar-refractivity contribution >= 4 is 22.7 Å². The summed E-state index contributed by atoms with van der Waals surface area (Å²) in [5.74, 6) is -0.523. The molecule has 0 aliphatic carbocycles. The van der Waals surface area contributed by atoms with Crippen LogP contribution in [0.5, 0.6) is 0 Å². The van der Waals surface area contributed by atoms with Crippen LogP contribution >= 0.6 is 0 Å². The third kappa shape index (κ3) is 2.92. The molecule has 2 aromatic heterocycles. The predicted molar refractivity (Wildman–Crippen MR) is 85.0 cm³/mol. The smallest absolute Gasteiger partial charge is 0.259 e. The Morgan fingerprint density at radius 3 is 2.61 bits per heavy atom. The monoisotopic (exact) mass is 313 g/mol. The molecule has 0 atom stereocenters. The molecule has 6 heteroatoms. The quantitative estimate of drug-likeness (QED) is 0.792. The highest BCUT2D eigenvalue weighted by molar-refractivity contribution is 6.12. The van der Waals surface area contributed by atoms with E-state index in [1.54, 1.807) is 13.0 Å². The Morgan fingerprint density at radius 2 is 1.96 bits per heavy atom. The Balaban J connectivity index is 2.04. The highest BCUT2D eigenvalue weighted by Gasteiger charge is 2.19. The average molecular weight is 313 g/mol. The van der Waals surface area contributed by atoms with Crippen molar-refractivity contribution in [3.8, 4) is 0 Å². The molecule has 0 radical (unpaired) electrons. The van der Waals surface area contributed by atoms with Crippen LogP contribution in [0, 0.1) is 12.7 Å². The Morgan fingerprint density at radius 1 is 1.26 bits per heavy atom. The first kappa shape index (κ1) is 15.1. The standard InChI is InChI=1S/C17H16FN3O2/c1-9(2)14-8-13(15-10(3)21-23-17(15)20-14)16(22)19-12-6-4-11(18)5-7-12/h4-9H,1-3H3,(H,19,22). The van der Waals surface area contributed by atoms with Gasteiger partial charge in [-0.3, -0.25) is 4.79 Å². The number of aromatic nitrogens is 2. The largest absolute Gasteiger partial charge is 0.336 e. The molecule has 1 amide bonds. The molecule has 3 aromatic rings. The minimum absolute atomic E-state index is 0.141. The normalized spacial score (nSPS) is 11.2. The SMILES string of the molecule is Cc1noc2nc(C(C)C)cc(C(=O)Nc3ccc(F)cc3)c12. The summed E-state index contributed by atoms with van der Waals surface area (Å²) in [5, 5.41) is 7.24. The van der Waals surface area contributed by atoms with E-state index in [0.29, 0.717) is 28.0 Å². The molecule has 2 heterocycles. The zero-order chi connectivity index (χ0) is 16.6. The molecule has 1 N–H and O–H groups in total. The van der Waals surface area contributed by atoms with Crippen LogP contribution in [0.2, 0.25) is 0 Å². The van der Waals surface area contributed by atoms with Crippen LogP contribution in [-0.4, -0.2) is 16.0 Å². The van der Waals surface area contributed by atoms with Crippen molar-refractivity contribution in [1.82, 2.24) is 10.1 Å². The molecular weight excluding hydrogens is 297 g/mol. The van der Waals surface area contributed by atoms with E-state index in [9.17, 15) is 9.18 Å². The first-order chi connectivity index (χ1) is 11.0. The second-order valence-corrected chi connectivity index (χ2v) is 5.66. The summed E-state index contributed by atoms with van der Waals surface area (Å²) < 4.78 is 18.2. The predicted octanol–water partition coefficient (Wildman–Crippen LogP) is 4.05. The van der Waals surface area contributed by atoms with Gasteiger partial charge in [0.1, 0.15) is 5.82 Å². The summed E-state index contributed by atoms with van der Waals surface area (Å²) in [6.45, 7) is 5.73. The molecule has 0 unspecified atom stereocenters. The number of amides is 1. The van der Waals surface area contributed by atoms with Crippen molar-refractivity contribution in [3.63, 3.8) is 0 Å². The van der Waals surface area contributed by atoms with Gasteiger partial charge in [-0.25, -0.2) is 9.37 Å². The van der Waals surface area contributed by atoms with E-state index in [0.717, 1.165) is 5.69 Å². The van der Waals surface area contributed by atoms with E-state index in [4.69, 9.17) is 4.52 Å². The lowest BCUT2D eigenvalue weighted by atomic mass is 10.0. The summed E-state index contributed by atoms with van der Waals surface area (Å²) in [7, 11) is 0. The number of anilines is 1. The van der Waals surface area contributed by atoms with Crippen LogP contribution in [0.15, 0.2) is 34.9 Å². The summed E-state index contributed by atoms with van der Waals surface area (Å²) in [6.07, 6.45) is 0. The lowest BCUT2D eigenvalue weighted by Crippen LogP contribution is -2.13. The molecule has 0 saturated heterocycles. The van der Waals surface area contributed by atoms with E-state index in [1.165, 1.54) is 24.3 Å². The molecule has 118 valence electrons. The highest BCUT2D eigenvalue weighted by Crippen LogP contribution is 2.25. The molecule has 3 rings (SSSR count). The number of benzene rings is 1. The Labute approximate surface area is 132 Å². The maximum Gasteiger partial charge on any atom is 0.259 e. The van der Waals surface area contributed by atoms with Gasteiger partial charge in [0, 0.05) is 11.4 Å². The van der Waals surface area contributed by atoms with Gasteiger partial charge in [-0.1, -0.05) is 19.0 Å². The van der Waals surface area contributed by atoms with E-state index in [2.05, 4.69) is 15.5 Å². The van der Waals surface area contributed by atoms with Crippen LogP contribution in [0.3, 0.4) is 0 Å². The fraction of sp³-hybridized carbons (Fsp3) is 0.235. The van der Waals surface area contributed by atoms with Gasteiger partial charge in [-0.15, -0.1) is 0 Å². The van der Waals surface area contributed by atoms with Crippen LogP contribution in [0.25, 0.3) is 11.1 Å². The minimum Gasteiger partial charge on any atom is -0.336 e. The highest BCUT2D eigenvalue weighted by atomic mass is 19.1. The van der Waals surface area contributed by atoms with E-state index < -0.39 is 0 Å². The molecule has 0 aliphatic heterocycles. The van der Waals surface area contributed by atoms with Crippen molar-refractivity contribution in [3.05, 3.63) is 53.1 Å². The second-order valence-electron chi connectivity index (χ2n) is 5.66. The molecular formula is C17H16FN3O2. The molecule has 0 saturated carbocycles. The van der Waals surface area contributed by atoms with Crippen LogP contribution in [0.1, 0.15) is 41.5 Å². The van der Waals surface area contributed by atoms with Gasteiger partial charge in [0.2, 0.25) is 0 Å². The van der Waals surface area contributed by atoms with Crippen molar-refractivity contribution < 1.29 is 13.7 Å². The van der Waals surface area contributed by atoms with Gasteiger partial charge in [-0.2, -0.15) is 0 Å². The van der Waals surface area contributed by atoms with Gasteiger partial charge < -0.3 is 9.84 Å². The molecule has 23 heavy (non-hydrogen) atoms. The summed E-state index contributed by atoms with van der Waals surface area (Å²) in [4.78, 5) is 17.0. The molecule has 0 bridgehead atoms. The molecule has 0 aliphatic rings. The summed E-state index contributed by atoms with van der Waals surface area (Å²) in [5.41, 5.74) is 2.66. The van der Waals surface area contributed by atoms with Crippen molar-refractivity contribution in [1.29, 1.82) is 0 Å². The number of nitrogens with one attached hydrogen (secondary N) is 1. The number of rotatable bonds is 3.